The predicted molar refractivity (Wildman–Crippen MR) is 95.6 cm³/mol. The van der Waals surface area contributed by atoms with Crippen LogP contribution >= 0.6 is 0 Å². The van der Waals surface area contributed by atoms with Crippen molar-refractivity contribution in [3.8, 4) is 16.9 Å². The van der Waals surface area contributed by atoms with E-state index in [9.17, 15) is 4.79 Å². The summed E-state index contributed by atoms with van der Waals surface area (Å²) in [7, 11) is 0. The molecule has 0 atom stereocenters. The molecule has 4 heteroatoms. The minimum Gasteiger partial charge on any atom is -0.399 e. The van der Waals surface area contributed by atoms with Gasteiger partial charge in [-0.25, -0.2) is 4.68 Å². The number of benzene rings is 2. The summed E-state index contributed by atoms with van der Waals surface area (Å²) in [4.78, 5) is 12.1. The lowest BCUT2D eigenvalue weighted by Crippen LogP contribution is -2.08. The fraction of sp³-hybridized carbons (Fsp3) is 0.200. The molecule has 2 aromatic carbocycles. The second kappa shape index (κ2) is 5.34. The number of nitrogens with zero attached hydrogens (tertiary/aromatic N) is 2. The zero-order valence-electron chi connectivity index (χ0n) is 13.8. The third-order valence-electron chi connectivity index (χ3n) is 4.63. The van der Waals surface area contributed by atoms with Crippen LogP contribution in [0.2, 0.25) is 0 Å². The molecule has 4 nitrogen and oxygen atoms in total. The zero-order valence-corrected chi connectivity index (χ0v) is 13.8. The van der Waals surface area contributed by atoms with Crippen LogP contribution in [0, 0.1) is 6.92 Å². The highest BCUT2D eigenvalue weighted by atomic mass is 16.1. The minimum absolute atomic E-state index is 0.00413. The molecule has 0 aliphatic heterocycles. The lowest BCUT2D eigenvalue weighted by Gasteiger charge is -2.19. The van der Waals surface area contributed by atoms with Gasteiger partial charge >= 0.3 is 0 Å². The lowest BCUT2D eigenvalue weighted by atomic mass is 9.88. The van der Waals surface area contributed by atoms with Gasteiger partial charge in [0.15, 0.2) is 5.78 Å². The molecule has 4 rings (SSSR count). The van der Waals surface area contributed by atoms with Crippen LogP contribution in [0.25, 0.3) is 16.9 Å². The molecule has 1 heterocycles. The maximum Gasteiger partial charge on any atom is 0.180 e. The van der Waals surface area contributed by atoms with Gasteiger partial charge in [-0.2, -0.15) is 5.10 Å². The maximum absolute atomic E-state index is 12.1. The van der Waals surface area contributed by atoms with Crippen LogP contribution in [0.5, 0.6) is 0 Å². The number of carbonyl (C=O) groups excluding carboxylic acids is 1. The van der Waals surface area contributed by atoms with Gasteiger partial charge in [-0.15, -0.1) is 0 Å². The third kappa shape index (κ3) is 2.22. The van der Waals surface area contributed by atoms with Crippen LogP contribution in [0.3, 0.4) is 0 Å². The van der Waals surface area contributed by atoms with Gasteiger partial charge in [-0.05, 0) is 49.6 Å². The van der Waals surface area contributed by atoms with E-state index in [4.69, 9.17) is 5.73 Å². The van der Waals surface area contributed by atoms with Crippen molar-refractivity contribution in [3.05, 3.63) is 64.8 Å². The van der Waals surface area contributed by atoms with E-state index >= 15 is 0 Å². The van der Waals surface area contributed by atoms with E-state index in [0.29, 0.717) is 5.69 Å². The summed E-state index contributed by atoms with van der Waals surface area (Å²) >= 11 is 0. The van der Waals surface area contributed by atoms with E-state index in [1.807, 2.05) is 28.9 Å². The van der Waals surface area contributed by atoms with Crippen molar-refractivity contribution in [1.82, 2.24) is 9.78 Å². The van der Waals surface area contributed by atoms with Gasteiger partial charge in [0.25, 0.3) is 0 Å². The summed E-state index contributed by atoms with van der Waals surface area (Å²) in [5, 5.41) is 4.65. The predicted octanol–water partition coefficient (Wildman–Crippen LogP) is 3.73. The molecule has 0 radical (unpaired) electrons. The molecule has 0 bridgehead atoms. The fourth-order valence-corrected chi connectivity index (χ4v) is 3.41. The summed E-state index contributed by atoms with van der Waals surface area (Å²) in [6, 6.07) is 14.2. The summed E-state index contributed by atoms with van der Waals surface area (Å²) in [5.74, 6) is 0.00413. The van der Waals surface area contributed by atoms with Crippen molar-refractivity contribution in [2.45, 2.75) is 26.7 Å². The van der Waals surface area contributed by atoms with Gasteiger partial charge in [0.2, 0.25) is 0 Å². The number of rotatable bonds is 2. The number of ketones is 1. The average molecular weight is 317 g/mol. The van der Waals surface area contributed by atoms with Crippen LogP contribution in [0.1, 0.15) is 34.1 Å². The number of anilines is 1. The van der Waals surface area contributed by atoms with Gasteiger partial charge in [0, 0.05) is 23.7 Å². The monoisotopic (exact) mass is 317 g/mol. The molecule has 3 aromatic rings. The van der Waals surface area contributed by atoms with Gasteiger partial charge in [-0.3, -0.25) is 4.79 Å². The van der Waals surface area contributed by atoms with E-state index in [-0.39, 0.29) is 5.78 Å². The molecule has 0 fully saturated rings. The first-order valence-corrected chi connectivity index (χ1v) is 8.13. The number of fused-ring (bicyclic) bond motifs is 3. The highest BCUT2D eigenvalue weighted by Crippen LogP contribution is 2.38. The van der Waals surface area contributed by atoms with Crippen LogP contribution in [-0.4, -0.2) is 15.6 Å². The molecule has 0 unspecified atom stereocenters. The van der Waals surface area contributed by atoms with E-state index < -0.39 is 0 Å². The van der Waals surface area contributed by atoms with Crippen LogP contribution in [-0.2, 0) is 12.8 Å². The Hall–Kier alpha value is -2.88. The number of aryl methyl sites for hydroxylation is 2. The average Bonchev–Trinajstić information content (AvgIpc) is 2.96. The van der Waals surface area contributed by atoms with Crippen molar-refractivity contribution < 1.29 is 4.79 Å². The quantitative estimate of drug-likeness (QED) is 0.578. The standard InChI is InChI=1S/C20H19N3O/c1-12-3-8-16(9-4-12)23-20-17(19(22-23)13(2)24)10-6-14-5-7-15(21)11-18(14)20/h3-5,7-9,11H,6,10,21H2,1-2H3. The van der Waals surface area contributed by atoms with Crippen molar-refractivity contribution in [1.29, 1.82) is 0 Å². The van der Waals surface area contributed by atoms with Crippen LogP contribution < -0.4 is 5.73 Å². The number of hydrogen-bond acceptors (Lipinski definition) is 3. The Morgan fingerprint density at radius 1 is 1.12 bits per heavy atom. The molecular formula is C20H19N3O. The highest BCUT2D eigenvalue weighted by molar-refractivity contribution is 5.96. The zero-order chi connectivity index (χ0) is 16.8. The lowest BCUT2D eigenvalue weighted by molar-refractivity contribution is 0.101. The molecule has 0 spiro atoms. The van der Waals surface area contributed by atoms with Crippen molar-refractivity contribution in [3.63, 3.8) is 0 Å². The maximum atomic E-state index is 12.1. The molecule has 1 aromatic heterocycles. The SMILES string of the molecule is CC(=O)c1nn(-c2ccc(C)cc2)c2c1CCc1ccc(N)cc1-2. The summed E-state index contributed by atoms with van der Waals surface area (Å²) < 4.78 is 1.89. The second-order valence-electron chi connectivity index (χ2n) is 6.40. The Labute approximate surface area is 140 Å². The normalized spacial score (nSPS) is 12.6. The number of hydrogen-bond donors (Lipinski definition) is 1. The Kier molecular flexibility index (Phi) is 3.27. The fourth-order valence-electron chi connectivity index (χ4n) is 3.41. The number of nitrogen functional groups attached to an aromatic ring is 1. The Morgan fingerprint density at radius 2 is 1.88 bits per heavy atom. The van der Waals surface area contributed by atoms with Crippen molar-refractivity contribution in [2.24, 2.45) is 0 Å². The molecule has 120 valence electrons. The molecule has 1 aliphatic carbocycles. The minimum atomic E-state index is 0.00413. The van der Waals surface area contributed by atoms with Gasteiger partial charge < -0.3 is 5.73 Å². The van der Waals surface area contributed by atoms with Gasteiger partial charge in [-0.1, -0.05) is 23.8 Å². The molecule has 0 saturated carbocycles. The molecule has 24 heavy (non-hydrogen) atoms. The molecular weight excluding hydrogens is 298 g/mol. The van der Waals surface area contributed by atoms with Crippen molar-refractivity contribution in [2.75, 3.05) is 5.73 Å². The number of nitrogens with two attached hydrogens (primary N) is 1. The third-order valence-corrected chi connectivity index (χ3v) is 4.63. The second-order valence-corrected chi connectivity index (χ2v) is 6.40. The first-order valence-electron chi connectivity index (χ1n) is 8.13. The first kappa shape index (κ1) is 14.7. The molecule has 0 amide bonds. The summed E-state index contributed by atoms with van der Waals surface area (Å²) in [6.07, 6.45) is 1.73. The summed E-state index contributed by atoms with van der Waals surface area (Å²) in [6.45, 7) is 3.64. The molecule has 1 aliphatic rings. The van der Waals surface area contributed by atoms with E-state index in [2.05, 4.69) is 30.2 Å². The number of carbonyl (C=O) groups is 1. The smallest absolute Gasteiger partial charge is 0.180 e. The first-order chi connectivity index (χ1) is 11.5. The van der Waals surface area contributed by atoms with Crippen molar-refractivity contribution >= 4 is 11.5 Å². The number of Topliss-reactive ketones (excluding diaryl/α,β-unsaturated/α-hetero) is 1. The largest absolute Gasteiger partial charge is 0.399 e. The molecule has 2 N–H and O–H groups in total. The Morgan fingerprint density at radius 3 is 2.58 bits per heavy atom. The van der Waals surface area contributed by atoms with E-state index in [1.165, 1.54) is 11.1 Å². The van der Waals surface area contributed by atoms with E-state index in [1.54, 1.807) is 6.92 Å². The van der Waals surface area contributed by atoms with Crippen LogP contribution in [0.15, 0.2) is 42.5 Å². The highest BCUT2D eigenvalue weighted by Gasteiger charge is 2.27. The van der Waals surface area contributed by atoms with Gasteiger partial charge in [0.05, 0.1) is 11.4 Å². The topological polar surface area (TPSA) is 60.9 Å². The summed E-state index contributed by atoms with van der Waals surface area (Å²) in [5.41, 5.74) is 13.8. The Balaban J connectivity index is 2.02. The van der Waals surface area contributed by atoms with E-state index in [0.717, 1.165) is 41.0 Å². The van der Waals surface area contributed by atoms with Crippen LogP contribution in [0.4, 0.5) is 5.69 Å². The molecule has 0 saturated heterocycles. The van der Waals surface area contributed by atoms with Gasteiger partial charge in [0.1, 0.15) is 5.69 Å². The number of aromatic nitrogens is 2. The Bertz CT molecular complexity index is 952.